The van der Waals surface area contributed by atoms with E-state index in [1.54, 1.807) is 0 Å². The van der Waals surface area contributed by atoms with Crippen LogP contribution in [0.15, 0.2) is 12.3 Å². The Kier molecular flexibility index (Phi) is 4.25. The van der Waals surface area contributed by atoms with Gasteiger partial charge in [-0.05, 0) is 69.3 Å². The van der Waals surface area contributed by atoms with Gasteiger partial charge in [0, 0.05) is 25.3 Å². The van der Waals surface area contributed by atoms with Gasteiger partial charge < -0.3 is 4.90 Å². The Balaban J connectivity index is 1.80. The highest BCUT2D eigenvalue weighted by atomic mass is 15.2. The molecule has 3 heterocycles. The van der Waals surface area contributed by atoms with E-state index in [1.165, 1.54) is 68.7 Å². The van der Waals surface area contributed by atoms with Gasteiger partial charge in [-0.3, -0.25) is 4.90 Å². The highest BCUT2D eigenvalue weighted by molar-refractivity contribution is 5.44. The first-order chi connectivity index (χ1) is 9.79. The van der Waals surface area contributed by atoms with Crippen LogP contribution in [0.5, 0.6) is 0 Å². The van der Waals surface area contributed by atoms with E-state index in [-0.39, 0.29) is 0 Å². The second-order valence-corrected chi connectivity index (χ2v) is 6.23. The smallest absolute Gasteiger partial charge is 0.128 e. The first kappa shape index (κ1) is 13.9. The van der Waals surface area contributed by atoms with Crippen molar-refractivity contribution in [2.24, 2.45) is 0 Å². The number of rotatable bonds is 3. The van der Waals surface area contributed by atoms with Crippen molar-refractivity contribution in [3.8, 4) is 0 Å². The van der Waals surface area contributed by atoms with Crippen LogP contribution in [-0.4, -0.2) is 36.1 Å². The van der Waals surface area contributed by atoms with Gasteiger partial charge in [0.05, 0.1) is 0 Å². The van der Waals surface area contributed by atoms with Crippen molar-refractivity contribution >= 4 is 5.82 Å². The second kappa shape index (κ2) is 6.13. The molecule has 3 nitrogen and oxygen atoms in total. The highest BCUT2D eigenvalue weighted by Gasteiger charge is 2.26. The molecule has 0 spiro atoms. The first-order valence-electron chi connectivity index (χ1n) is 8.25. The molecule has 0 amide bonds. The van der Waals surface area contributed by atoms with Crippen LogP contribution in [0.25, 0.3) is 0 Å². The van der Waals surface area contributed by atoms with Crippen LogP contribution in [0, 0.1) is 6.92 Å². The maximum absolute atomic E-state index is 4.78. The summed E-state index contributed by atoms with van der Waals surface area (Å²) in [5.74, 6) is 1.19. The van der Waals surface area contributed by atoms with Gasteiger partial charge in [-0.2, -0.15) is 0 Å². The van der Waals surface area contributed by atoms with E-state index in [0.29, 0.717) is 6.04 Å². The highest BCUT2D eigenvalue weighted by Crippen LogP contribution is 2.34. The molecule has 20 heavy (non-hydrogen) atoms. The average Bonchev–Trinajstić information content (AvgIpc) is 2.96. The van der Waals surface area contributed by atoms with Crippen LogP contribution < -0.4 is 4.90 Å². The lowest BCUT2D eigenvalue weighted by Crippen LogP contribution is -2.30. The van der Waals surface area contributed by atoms with Crippen LogP contribution in [0.4, 0.5) is 5.82 Å². The molecule has 2 aliphatic heterocycles. The Morgan fingerprint density at radius 2 is 1.95 bits per heavy atom. The summed E-state index contributed by atoms with van der Waals surface area (Å²) >= 11 is 0. The number of anilines is 1. The van der Waals surface area contributed by atoms with Crippen LogP contribution in [0.3, 0.4) is 0 Å². The third kappa shape index (κ3) is 2.69. The van der Waals surface area contributed by atoms with Crippen molar-refractivity contribution < 1.29 is 0 Å². The van der Waals surface area contributed by atoms with E-state index in [4.69, 9.17) is 4.98 Å². The van der Waals surface area contributed by atoms with E-state index >= 15 is 0 Å². The summed E-state index contributed by atoms with van der Waals surface area (Å²) in [6.45, 7) is 9.28. The fourth-order valence-electron chi connectivity index (χ4n) is 3.75. The fraction of sp³-hybridized carbons (Fsp3) is 0.706. The van der Waals surface area contributed by atoms with Crippen molar-refractivity contribution in [2.45, 2.75) is 52.0 Å². The summed E-state index contributed by atoms with van der Waals surface area (Å²) in [5, 5.41) is 0. The zero-order valence-corrected chi connectivity index (χ0v) is 12.9. The summed E-state index contributed by atoms with van der Waals surface area (Å²) in [5.41, 5.74) is 2.87. The molecule has 3 rings (SSSR count). The van der Waals surface area contributed by atoms with Crippen LogP contribution in [0.2, 0.25) is 0 Å². The Bertz CT molecular complexity index is 452. The van der Waals surface area contributed by atoms with E-state index in [2.05, 4.69) is 35.9 Å². The fourth-order valence-corrected chi connectivity index (χ4v) is 3.75. The van der Waals surface area contributed by atoms with Gasteiger partial charge in [-0.1, -0.05) is 6.92 Å². The molecule has 1 unspecified atom stereocenters. The number of piperidine rings is 1. The van der Waals surface area contributed by atoms with E-state index in [9.17, 15) is 0 Å². The largest absolute Gasteiger partial charge is 0.357 e. The Hall–Kier alpha value is -1.09. The first-order valence-corrected chi connectivity index (χ1v) is 8.25. The van der Waals surface area contributed by atoms with Crippen molar-refractivity contribution in [3.63, 3.8) is 0 Å². The predicted octanol–water partition coefficient (Wildman–Crippen LogP) is 3.54. The molecule has 2 saturated heterocycles. The number of hydrogen-bond donors (Lipinski definition) is 0. The molecule has 0 bridgehead atoms. The Labute approximate surface area is 123 Å². The van der Waals surface area contributed by atoms with Gasteiger partial charge >= 0.3 is 0 Å². The van der Waals surface area contributed by atoms with Gasteiger partial charge in [0.2, 0.25) is 0 Å². The number of aromatic nitrogens is 1. The normalized spacial score (nSPS) is 24.3. The summed E-state index contributed by atoms with van der Waals surface area (Å²) in [7, 11) is 0. The zero-order chi connectivity index (χ0) is 13.9. The molecule has 1 atom stereocenters. The number of hydrogen-bond acceptors (Lipinski definition) is 3. The van der Waals surface area contributed by atoms with Gasteiger partial charge in [-0.25, -0.2) is 4.98 Å². The van der Waals surface area contributed by atoms with E-state index < -0.39 is 0 Å². The molecule has 2 aliphatic rings. The molecule has 110 valence electrons. The SMILES string of the molecule is CCN1CCCC1c1cnc(N2CCCCC2)cc1C. The summed E-state index contributed by atoms with van der Waals surface area (Å²) in [4.78, 5) is 9.81. The monoisotopic (exact) mass is 273 g/mol. The van der Waals surface area contributed by atoms with Gasteiger partial charge in [0.15, 0.2) is 0 Å². The number of likely N-dealkylation sites (tertiary alicyclic amines) is 1. The number of nitrogens with zero attached hydrogens (tertiary/aromatic N) is 3. The third-order valence-corrected chi connectivity index (χ3v) is 4.95. The average molecular weight is 273 g/mol. The molecule has 0 radical (unpaired) electrons. The number of pyridine rings is 1. The quantitative estimate of drug-likeness (QED) is 0.839. The number of aryl methyl sites for hydroxylation is 1. The topological polar surface area (TPSA) is 19.4 Å². The third-order valence-electron chi connectivity index (χ3n) is 4.95. The lowest BCUT2D eigenvalue weighted by molar-refractivity contribution is 0.270. The van der Waals surface area contributed by atoms with Crippen LogP contribution in [0.1, 0.15) is 56.2 Å². The molecular formula is C17H27N3. The molecular weight excluding hydrogens is 246 g/mol. The van der Waals surface area contributed by atoms with Crippen LogP contribution >= 0.6 is 0 Å². The van der Waals surface area contributed by atoms with E-state index in [1.807, 2.05) is 0 Å². The maximum atomic E-state index is 4.78. The summed E-state index contributed by atoms with van der Waals surface area (Å²) in [6, 6.07) is 2.91. The summed E-state index contributed by atoms with van der Waals surface area (Å²) in [6.07, 6.45) is 8.77. The molecule has 2 fully saturated rings. The van der Waals surface area contributed by atoms with E-state index in [0.717, 1.165) is 6.54 Å². The molecule has 1 aromatic heterocycles. The minimum atomic E-state index is 0.600. The predicted molar refractivity (Wildman–Crippen MR) is 84.3 cm³/mol. The van der Waals surface area contributed by atoms with Gasteiger partial charge in [0.1, 0.15) is 5.82 Å². The second-order valence-electron chi connectivity index (χ2n) is 6.23. The van der Waals surface area contributed by atoms with Gasteiger partial charge in [-0.15, -0.1) is 0 Å². The lowest BCUT2D eigenvalue weighted by atomic mass is 10.0. The summed E-state index contributed by atoms with van der Waals surface area (Å²) < 4.78 is 0. The molecule has 3 heteroatoms. The molecule has 0 N–H and O–H groups in total. The van der Waals surface area contributed by atoms with Crippen molar-refractivity contribution in [1.82, 2.24) is 9.88 Å². The Morgan fingerprint density at radius 3 is 2.65 bits per heavy atom. The van der Waals surface area contributed by atoms with Gasteiger partial charge in [0.25, 0.3) is 0 Å². The molecule has 0 aliphatic carbocycles. The van der Waals surface area contributed by atoms with Crippen molar-refractivity contribution in [1.29, 1.82) is 0 Å². The van der Waals surface area contributed by atoms with Crippen molar-refractivity contribution in [3.05, 3.63) is 23.4 Å². The van der Waals surface area contributed by atoms with Crippen molar-refractivity contribution in [2.75, 3.05) is 31.1 Å². The molecule has 0 saturated carbocycles. The Morgan fingerprint density at radius 1 is 1.15 bits per heavy atom. The lowest BCUT2D eigenvalue weighted by Gasteiger charge is -2.29. The van der Waals surface area contributed by atoms with Crippen LogP contribution in [-0.2, 0) is 0 Å². The maximum Gasteiger partial charge on any atom is 0.128 e. The standard InChI is InChI=1S/C17H27N3/c1-3-19-11-7-8-16(19)15-13-18-17(12-14(15)2)20-9-5-4-6-10-20/h12-13,16H,3-11H2,1-2H3. The minimum absolute atomic E-state index is 0.600. The zero-order valence-electron chi connectivity index (χ0n) is 12.9. The molecule has 1 aromatic rings. The minimum Gasteiger partial charge on any atom is -0.357 e. The molecule has 0 aromatic carbocycles.